The molecule has 0 saturated heterocycles. The van der Waals surface area contributed by atoms with Gasteiger partial charge in [0, 0.05) is 17.6 Å². The summed E-state index contributed by atoms with van der Waals surface area (Å²) in [6.07, 6.45) is 0.424. The Labute approximate surface area is 165 Å². The number of nitrogens with one attached hydrogen (secondary N) is 1. The molecular weight excluding hydrogens is 368 g/mol. The maximum Gasteiger partial charge on any atom is 0.314 e. The molecule has 146 valence electrons. The van der Waals surface area contributed by atoms with Crippen molar-refractivity contribution in [3.8, 4) is 5.75 Å². The van der Waals surface area contributed by atoms with E-state index >= 15 is 0 Å². The van der Waals surface area contributed by atoms with Gasteiger partial charge in [0.25, 0.3) is 0 Å². The highest BCUT2D eigenvalue weighted by atomic mass is 35.5. The molecule has 0 heterocycles. The Balaban J connectivity index is 0.00000261. The summed E-state index contributed by atoms with van der Waals surface area (Å²) in [6.45, 7) is 4.30. The summed E-state index contributed by atoms with van der Waals surface area (Å²) >= 11 is 0. The van der Waals surface area contributed by atoms with Crippen LogP contribution in [0.4, 0.5) is 5.69 Å². The SMILES string of the molecule is CC(C)NC1CCc2c(ccc(OCc3ccccc3)c2[N+](=O)[O-])C1O.Cl. The molecule has 3 rings (SSSR count). The lowest BCUT2D eigenvalue weighted by atomic mass is 9.84. The maximum atomic E-state index is 11.7. The van der Waals surface area contributed by atoms with E-state index in [1.807, 2.05) is 44.2 Å². The van der Waals surface area contributed by atoms with Crippen molar-refractivity contribution in [3.05, 3.63) is 69.3 Å². The van der Waals surface area contributed by atoms with E-state index in [4.69, 9.17) is 4.74 Å². The molecule has 0 saturated carbocycles. The topological polar surface area (TPSA) is 84.6 Å². The Morgan fingerprint density at radius 1 is 1.26 bits per heavy atom. The first kappa shape index (κ1) is 21.2. The molecule has 2 aromatic carbocycles. The normalized spacial score (nSPS) is 18.5. The molecule has 0 bridgehead atoms. The average Bonchev–Trinajstić information content (AvgIpc) is 2.62. The number of aliphatic hydroxyl groups is 1. The highest BCUT2D eigenvalue weighted by molar-refractivity contribution is 5.85. The summed E-state index contributed by atoms with van der Waals surface area (Å²) in [4.78, 5) is 11.3. The van der Waals surface area contributed by atoms with E-state index in [0.717, 1.165) is 5.56 Å². The standard InChI is InChI=1S/C20H24N2O4.ClH/c1-13(2)21-17-10-8-15-16(20(17)23)9-11-18(19(15)22(24)25)26-12-14-6-4-3-5-7-14;/h3-7,9,11,13,17,20-21,23H,8,10,12H2,1-2H3;1H. The van der Waals surface area contributed by atoms with Gasteiger partial charge in [-0.25, -0.2) is 0 Å². The molecule has 2 unspecified atom stereocenters. The zero-order valence-electron chi connectivity index (χ0n) is 15.4. The Bertz CT molecular complexity index is 783. The first-order valence-corrected chi connectivity index (χ1v) is 8.88. The van der Waals surface area contributed by atoms with Crippen LogP contribution in [0.15, 0.2) is 42.5 Å². The Hall–Kier alpha value is -2.15. The Kier molecular flexibility index (Phi) is 7.18. The van der Waals surface area contributed by atoms with E-state index in [-0.39, 0.29) is 42.5 Å². The summed E-state index contributed by atoms with van der Waals surface area (Å²) in [5.74, 6) is 0.250. The van der Waals surface area contributed by atoms with Gasteiger partial charge in [-0.05, 0) is 30.0 Å². The van der Waals surface area contributed by atoms with Crippen LogP contribution < -0.4 is 10.1 Å². The number of aliphatic hydroxyl groups excluding tert-OH is 1. The van der Waals surface area contributed by atoms with E-state index in [0.29, 0.717) is 24.0 Å². The molecule has 0 radical (unpaired) electrons. The van der Waals surface area contributed by atoms with Gasteiger partial charge in [0.1, 0.15) is 6.61 Å². The van der Waals surface area contributed by atoms with E-state index in [1.165, 1.54) is 0 Å². The van der Waals surface area contributed by atoms with E-state index < -0.39 is 11.0 Å². The van der Waals surface area contributed by atoms with Crippen LogP contribution in [-0.4, -0.2) is 22.1 Å². The van der Waals surface area contributed by atoms with Crippen molar-refractivity contribution in [2.24, 2.45) is 0 Å². The molecule has 0 aromatic heterocycles. The first-order valence-electron chi connectivity index (χ1n) is 8.88. The predicted octanol–water partition coefficient (Wildman–Crippen LogP) is 3.94. The van der Waals surface area contributed by atoms with Crippen molar-refractivity contribution in [1.29, 1.82) is 0 Å². The van der Waals surface area contributed by atoms with Crippen LogP contribution >= 0.6 is 12.4 Å². The van der Waals surface area contributed by atoms with E-state index in [9.17, 15) is 15.2 Å². The number of ether oxygens (including phenoxy) is 1. The fourth-order valence-electron chi connectivity index (χ4n) is 3.50. The number of benzene rings is 2. The van der Waals surface area contributed by atoms with Gasteiger partial charge in [-0.15, -0.1) is 12.4 Å². The molecule has 27 heavy (non-hydrogen) atoms. The molecule has 0 spiro atoms. The van der Waals surface area contributed by atoms with Crippen LogP contribution in [0.3, 0.4) is 0 Å². The van der Waals surface area contributed by atoms with Crippen LogP contribution in [0, 0.1) is 10.1 Å². The van der Waals surface area contributed by atoms with Crippen molar-refractivity contribution in [2.75, 3.05) is 0 Å². The van der Waals surface area contributed by atoms with Gasteiger partial charge in [0.15, 0.2) is 5.75 Å². The molecule has 1 aliphatic carbocycles. The summed E-state index contributed by atoms with van der Waals surface area (Å²) in [5, 5.41) is 25.7. The highest BCUT2D eigenvalue weighted by Gasteiger charge is 2.34. The van der Waals surface area contributed by atoms with Crippen LogP contribution in [0.25, 0.3) is 0 Å². The van der Waals surface area contributed by atoms with Crippen molar-refractivity contribution in [3.63, 3.8) is 0 Å². The minimum Gasteiger partial charge on any atom is -0.482 e. The highest BCUT2D eigenvalue weighted by Crippen LogP contribution is 2.41. The lowest BCUT2D eigenvalue weighted by molar-refractivity contribution is -0.386. The van der Waals surface area contributed by atoms with Gasteiger partial charge in [-0.3, -0.25) is 10.1 Å². The van der Waals surface area contributed by atoms with Gasteiger partial charge >= 0.3 is 5.69 Å². The monoisotopic (exact) mass is 392 g/mol. The smallest absolute Gasteiger partial charge is 0.314 e. The molecule has 0 aliphatic heterocycles. The number of hydrogen-bond donors (Lipinski definition) is 2. The molecule has 0 amide bonds. The number of rotatable bonds is 6. The maximum absolute atomic E-state index is 11.7. The van der Waals surface area contributed by atoms with Gasteiger partial charge < -0.3 is 15.2 Å². The van der Waals surface area contributed by atoms with Gasteiger partial charge in [0.2, 0.25) is 0 Å². The first-order chi connectivity index (χ1) is 12.5. The van der Waals surface area contributed by atoms with Gasteiger partial charge in [-0.1, -0.05) is 50.2 Å². The molecule has 2 atom stereocenters. The number of halogens is 1. The van der Waals surface area contributed by atoms with Crippen LogP contribution in [0.2, 0.25) is 0 Å². The summed E-state index contributed by atoms with van der Waals surface area (Å²) in [7, 11) is 0. The predicted molar refractivity (Wildman–Crippen MR) is 106 cm³/mol. The number of nitro groups is 1. The lowest BCUT2D eigenvalue weighted by Gasteiger charge is -2.32. The fraction of sp³-hybridized carbons (Fsp3) is 0.400. The lowest BCUT2D eigenvalue weighted by Crippen LogP contribution is -2.42. The molecule has 2 N–H and O–H groups in total. The average molecular weight is 393 g/mol. The van der Waals surface area contributed by atoms with E-state index in [1.54, 1.807) is 12.1 Å². The zero-order chi connectivity index (χ0) is 18.7. The largest absolute Gasteiger partial charge is 0.482 e. The van der Waals surface area contributed by atoms with Crippen LogP contribution in [0.1, 0.15) is 43.1 Å². The van der Waals surface area contributed by atoms with Gasteiger partial charge in [-0.2, -0.15) is 0 Å². The van der Waals surface area contributed by atoms with Gasteiger partial charge in [0.05, 0.1) is 11.0 Å². The summed E-state index contributed by atoms with van der Waals surface area (Å²) in [5.41, 5.74) is 2.12. The Morgan fingerprint density at radius 2 is 1.96 bits per heavy atom. The minimum atomic E-state index is -0.761. The van der Waals surface area contributed by atoms with Crippen molar-refractivity contribution >= 4 is 18.1 Å². The van der Waals surface area contributed by atoms with Crippen molar-refractivity contribution in [2.45, 2.75) is 51.5 Å². The summed E-state index contributed by atoms with van der Waals surface area (Å²) in [6, 6.07) is 13.0. The zero-order valence-corrected chi connectivity index (χ0v) is 16.2. The van der Waals surface area contributed by atoms with Crippen molar-refractivity contribution in [1.82, 2.24) is 5.32 Å². The number of hydrogen-bond acceptors (Lipinski definition) is 5. The van der Waals surface area contributed by atoms with Crippen molar-refractivity contribution < 1.29 is 14.8 Å². The summed E-state index contributed by atoms with van der Waals surface area (Å²) < 4.78 is 5.74. The minimum absolute atomic E-state index is 0. The molecule has 6 nitrogen and oxygen atoms in total. The molecule has 1 aliphatic rings. The van der Waals surface area contributed by atoms with Crippen LogP contribution in [-0.2, 0) is 13.0 Å². The quantitative estimate of drug-likeness (QED) is 0.574. The molecule has 7 heteroatoms. The molecule has 0 fully saturated rings. The van der Waals surface area contributed by atoms with Crippen LogP contribution in [0.5, 0.6) is 5.75 Å². The number of fused-ring (bicyclic) bond motifs is 1. The number of nitrogens with zero attached hydrogens (tertiary/aromatic N) is 1. The second-order valence-corrected chi connectivity index (χ2v) is 6.92. The Morgan fingerprint density at radius 3 is 2.59 bits per heavy atom. The fourth-order valence-corrected chi connectivity index (χ4v) is 3.50. The third-order valence-corrected chi connectivity index (χ3v) is 4.65. The molecule has 2 aromatic rings. The second kappa shape index (κ2) is 9.17. The third kappa shape index (κ3) is 4.77. The number of nitro benzene ring substituents is 1. The molecular formula is C20H25ClN2O4. The third-order valence-electron chi connectivity index (χ3n) is 4.65. The van der Waals surface area contributed by atoms with E-state index in [2.05, 4.69) is 5.32 Å². The second-order valence-electron chi connectivity index (χ2n) is 6.92.